The van der Waals surface area contributed by atoms with Gasteiger partial charge in [-0.15, -0.1) is 0 Å². The summed E-state index contributed by atoms with van der Waals surface area (Å²) in [7, 11) is 0. The minimum absolute atomic E-state index is 0.204. The number of nitrogens with one attached hydrogen (secondary N) is 1. The van der Waals surface area contributed by atoms with Gasteiger partial charge in [-0.25, -0.2) is 0 Å². The Morgan fingerprint density at radius 3 is 2.21 bits per heavy atom. The van der Waals surface area contributed by atoms with Gasteiger partial charge in [0.1, 0.15) is 0 Å². The molecule has 2 nitrogen and oxygen atoms in total. The second-order valence-electron chi connectivity index (χ2n) is 6.61. The van der Waals surface area contributed by atoms with Gasteiger partial charge in [0.25, 0.3) is 0 Å². The predicted octanol–water partition coefficient (Wildman–Crippen LogP) is 3.85. The normalized spacial score (nSPS) is 13.4. The fourth-order valence-corrected chi connectivity index (χ4v) is 2.09. The van der Waals surface area contributed by atoms with Crippen LogP contribution in [0.2, 0.25) is 0 Å². The van der Waals surface area contributed by atoms with Gasteiger partial charge in [-0.3, -0.25) is 0 Å². The molecule has 0 fully saturated rings. The first kappa shape index (κ1) is 16.0. The van der Waals surface area contributed by atoms with Gasteiger partial charge >= 0.3 is 0 Å². The summed E-state index contributed by atoms with van der Waals surface area (Å²) in [5.74, 6) is 0.639. The van der Waals surface area contributed by atoms with Crippen molar-refractivity contribution in [2.24, 2.45) is 5.92 Å². The van der Waals surface area contributed by atoms with E-state index in [0.717, 1.165) is 19.6 Å². The van der Waals surface area contributed by atoms with Crippen LogP contribution in [0, 0.1) is 12.8 Å². The van der Waals surface area contributed by atoms with Crippen molar-refractivity contribution in [2.45, 2.75) is 47.1 Å². The van der Waals surface area contributed by atoms with Crippen LogP contribution in [0.5, 0.6) is 0 Å². The van der Waals surface area contributed by atoms with E-state index in [0.29, 0.717) is 5.92 Å². The number of hydrogen-bond acceptors (Lipinski definition) is 2. The van der Waals surface area contributed by atoms with Crippen LogP contribution in [-0.2, 0) is 0 Å². The lowest BCUT2D eigenvalue weighted by molar-refractivity contribution is 0.382. The van der Waals surface area contributed by atoms with E-state index in [2.05, 4.69) is 76.0 Å². The summed E-state index contributed by atoms with van der Waals surface area (Å²) >= 11 is 0. The first-order chi connectivity index (χ1) is 8.81. The summed E-state index contributed by atoms with van der Waals surface area (Å²) in [6.45, 7) is 16.6. The molecule has 1 atom stereocenters. The highest BCUT2D eigenvalue weighted by molar-refractivity contribution is 5.47. The Kier molecular flexibility index (Phi) is 5.86. The van der Waals surface area contributed by atoms with Gasteiger partial charge in [-0.1, -0.05) is 24.6 Å². The molecule has 0 aliphatic carbocycles. The maximum atomic E-state index is 3.58. The summed E-state index contributed by atoms with van der Waals surface area (Å²) in [4.78, 5) is 2.45. The highest BCUT2D eigenvalue weighted by Gasteiger charge is 2.13. The Morgan fingerprint density at radius 1 is 1.16 bits per heavy atom. The smallest absolute Gasteiger partial charge is 0.0366 e. The molecule has 0 saturated carbocycles. The number of hydrogen-bond donors (Lipinski definition) is 1. The molecule has 0 aliphatic heterocycles. The quantitative estimate of drug-likeness (QED) is 0.838. The summed E-state index contributed by atoms with van der Waals surface area (Å²) in [5, 5.41) is 3.58. The Hall–Kier alpha value is -1.02. The summed E-state index contributed by atoms with van der Waals surface area (Å²) < 4.78 is 0. The van der Waals surface area contributed by atoms with E-state index in [1.54, 1.807) is 0 Å². The van der Waals surface area contributed by atoms with Crippen LogP contribution >= 0.6 is 0 Å². The van der Waals surface area contributed by atoms with Crippen molar-refractivity contribution in [1.29, 1.82) is 0 Å². The van der Waals surface area contributed by atoms with Gasteiger partial charge in [0.05, 0.1) is 0 Å². The highest BCUT2D eigenvalue weighted by Crippen LogP contribution is 2.16. The Balaban J connectivity index is 2.54. The van der Waals surface area contributed by atoms with Crippen LogP contribution in [-0.4, -0.2) is 25.2 Å². The van der Waals surface area contributed by atoms with Gasteiger partial charge in [-0.2, -0.15) is 0 Å². The number of aryl methyl sites for hydroxylation is 1. The monoisotopic (exact) mass is 262 g/mol. The van der Waals surface area contributed by atoms with Gasteiger partial charge < -0.3 is 10.2 Å². The summed E-state index contributed by atoms with van der Waals surface area (Å²) in [6, 6.07) is 8.83. The maximum Gasteiger partial charge on any atom is 0.0366 e. The van der Waals surface area contributed by atoms with Crippen molar-refractivity contribution in [3.05, 3.63) is 29.8 Å². The Bertz CT molecular complexity index is 362. The zero-order valence-corrected chi connectivity index (χ0v) is 13.5. The molecule has 19 heavy (non-hydrogen) atoms. The second kappa shape index (κ2) is 6.95. The molecule has 1 aromatic carbocycles. The number of rotatable bonds is 6. The van der Waals surface area contributed by atoms with Crippen LogP contribution in [0.25, 0.3) is 0 Å². The number of anilines is 1. The van der Waals surface area contributed by atoms with Crippen molar-refractivity contribution in [3.8, 4) is 0 Å². The van der Waals surface area contributed by atoms with E-state index < -0.39 is 0 Å². The maximum absolute atomic E-state index is 3.58. The minimum atomic E-state index is 0.204. The standard InChI is InChI=1S/C17H30N2/c1-7-19(16-10-8-14(2)9-11-16)13-15(3)12-18-17(4,5)6/h8-11,15,18H,7,12-13H2,1-6H3. The van der Waals surface area contributed by atoms with Crippen LogP contribution in [0.15, 0.2) is 24.3 Å². The van der Waals surface area contributed by atoms with Crippen LogP contribution in [0.3, 0.4) is 0 Å². The third kappa shape index (κ3) is 6.11. The number of benzene rings is 1. The Labute approximate surface area is 119 Å². The largest absolute Gasteiger partial charge is 0.371 e. The van der Waals surface area contributed by atoms with Crippen LogP contribution in [0.1, 0.15) is 40.2 Å². The van der Waals surface area contributed by atoms with Crippen LogP contribution in [0.4, 0.5) is 5.69 Å². The molecule has 1 N–H and O–H groups in total. The lowest BCUT2D eigenvalue weighted by atomic mass is 10.1. The van der Waals surface area contributed by atoms with Gasteiger partial charge in [0.2, 0.25) is 0 Å². The van der Waals surface area contributed by atoms with E-state index in [4.69, 9.17) is 0 Å². The molecule has 0 heterocycles. The average molecular weight is 262 g/mol. The highest BCUT2D eigenvalue weighted by atomic mass is 15.1. The van der Waals surface area contributed by atoms with Crippen molar-refractivity contribution in [3.63, 3.8) is 0 Å². The van der Waals surface area contributed by atoms with E-state index in [1.165, 1.54) is 11.3 Å². The van der Waals surface area contributed by atoms with E-state index in [-0.39, 0.29) is 5.54 Å². The third-order valence-electron chi connectivity index (χ3n) is 3.29. The van der Waals surface area contributed by atoms with Gasteiger partial charge in [0, 0.05) is 24.3 Å². The van der Waals surface area contributed by atoms with E-state index in [1.807, 2.05) is 0 Å². The molecule has 1 unspecified atom stereocenters. The predicted molar refractivity (Wildman–Crippen MR) is 86.0 cm³/mol. The van der Waals surface area contributed by atoms with E-state index in [9.17, 15) is 0 Å². The van der Waals surface area contributed by atoms with Crippen LogP contribution < -0.4 is 10.2 Å². The van der Waals surface area contributed by atoms with Crippen molar-refractivity contribution < 1.29 is 0 Å². The molecule has 0 radical (unpaired) electrons. The molecular weight excluding hydrogens is 232 g/mol. The third-order valence-corrected chi connectivity index (χ3v) is 3.29. The molecular formula is C17H30N2. The molecule has 0 bridgehead atoms. The van der Waals surface area contributed by atoms with Crippen molar-refractivity contribution >= 4 is 5.69 Å². The average Bonchev–Trinajstić information content (AvgIpc) is 2.34. The lowest BCUT2D eigenvalue weighted by Crippen LogP contribution is -2.41. The first-order valence-electron chi connectivity index (χ1n) is 7.38. The Morgan fingerprint density at radius 2 is 1.74 bits per heavy atom. The van der Waals surface area contributed by atoms with Crippen molar-refractivity contribution in [1.82, 2.24) is 5.32 Å². The van der Waals surface area contributed by atoms with Crippen molar-refractivity contribution in [2.75, 3.05) is 24.5 Å². The molecule has 2 heteroatoms. The fraction of sp³-hybridized carbons (Fsp3) is 0.647. The fourth-order valence-electron chi connectivity index (χ4n) is 2.09. The number of nitrogens with zero attached hydrogens (tertiary/aromatic N) is 1. The topological polar surface area (TPSA) is 15.3 Å². The zero-order chi connectivity index (χ0) is 14.5. The molecule has 0 spiro atoms. The summed E-state index contributed by atoms with van der Waals surface area (Å²) in [6.07, 6.45) is 0. The SMILES string of the molecule is CCN(CC(C)CNC(C)(C)C)c1ccc(C)cc1. The van der Waals surface area contributed by atoms with Gasteiger partial charge in [-0.05, 0) is 59.2 Å². The molecule has 0 aliphatic rings. The zero-order valence-electron chi connectivity index (χ0n) is 13.5. The first-order valence-corrected chi connectivity index (χ1v) is 7.38. The molecule has 0 saturated heterocycles. The lowest BCUT2D eigenvalue weighted by Gasteiger charge is -2.29. The molecule has 1 aromatic rings. The summed E-state index contributed by atoms with van der Waals surface area (Å²) in [5.41, 5.74) is 2.85. The second-order valence-corrected chi connectivity index (χ2v) is 6.61. The van der Waals surface area contributed by atoms with E-state index >= 15 is 0 Å². The molecule has 0 aromatic heterocycles. The minimum Gasteiger partial charge on any atom is -0.371 e. The molecule has 0 amide bonds. The molecule has 1 rings (SSSR count). The molecule has 108 valence electrons. The van der Waals surface area contributed by atoms with Gasteiger partial charge in [0.15, 0.2) is 0 Å².